The molecule has 2 nitrogen and oxygen atoms in total. The fraction of sp³-hybridized carbons (Fsp3) is 0.238. The van der Waals surface area contributed by atoms with Crippen LogP contribution in [0.4, 0.5) is 0 Å². The lowest BCUT2D eigenvalue weighted by molar-refractivity contribution is 0.0174. The first-order valence-corrected chi connectivity index (χ1v) is 9.31. The van der Waals surface area contributed by atoms with E-state index in [-0.39, 0.29) is 12.3 Å². The summed E-state index contributed by atoms with van der Waals surface area (Å²) in [5.41, 5.74) is 2.63. The zero-order valence-electron chi connectivity index (χ0n) is 13.3. The van der Waals surface area contributed by atoms with Crippen LogP contribution >= 0.6 is 15.9 Å². The molecule has 0 aromatic heterocycles. The monoisotopic (exact) mass is 379 g/mol. The molecule has 2 aliphatic heterocycles. The number of rotatable bonds is 1. The number of ether oxygens (including phenoxy) is 1. The van der Waals surface area contributed by atoms with E-state index in [0.29, 0.717) is 0 Å². The smallest absolute Gasteiger partial charge is 0.153 e. The van der Waals surface area contributed by atoms with Crippen LogP contribution in [0.2, 0.25) is 0 Å². The van der Waals surface area contributed by atoms with Gasteiger partial charge in [-0.15, -0.1) is 0 Å². The fourth-order valence-corrected chi connectivity index (χ4v) is 4.69. The van der Waals surface area contributed by atoms with Crippen molar-refractivity contribution in [2.75, 3.05) is 6.54 Å². The van der Waals surface area contributed by atoms with Crippen molar-refractivity contribution in [3.05, 3.63) is 76.3 Å². The molecule has 3 aromatic rings. The van der Waals surface area contributed by atoms with E-state index in [2.05, 4.69) is 81.5 Å². The van der Waals surface area contributed by atoms with Crippen molar-refractivity contribution < 1.29 is 4.74 Å². The summed E-state index contributed by atoms with van der Waals surface area (Å²) < 4.78 is 7.53. The van der Waals surface area contributed by atoms with E-state index in [1.165, 1.54) is 32.8 Å². The molecule has 1 fully saturated rings. The molecular formula is C21H18BrNO. The molecule has 120 valence electrons. The van der Waals surface area contributed by atoms with Crippen molar-refractivity contribution >= 4 is 26.7 Å². The minimum Gasteiger partial charge on any atom is -0.475 e. The Morgan fingerprint density at radius 1 is 0.958 bits per heavy atom. The molecule has 2 heterocycles. The Labute approximate surface area is 150 Å². The highest BCUT2D eigenvalue weighted by atomic mass is 79.9. The maximum atomic E-state index is 6.37. The van der Waals surface area contributed by atoms with E-state index in [1.807, 2.05) is 0 Å². The number of hydrogen-bond donors (Lipinski definition) is 0. The van der Waals surface area contributed by atoms with E-state index >= 15 is 0 Å². The van der Waals surface area contributed by atoms with Crippen molar-refractivity contribution in [1.82, 2.24) is 4.90 Å². The molecule has 0 bridgehead atoms. The first-order valence-electron chi connectivity index (χ1n) is 8.51. The molecule has 3 aromatic carbocycles. The number of nitrogens with zero attached hydrogens (tertiary/aromatic N) is 1. The van der Waals surface area contributed by atoms with Crippen LogP contribution in [0, 0.1) is 0 Å². The van der Waals surface area contributed by atoms with Gasteiger partial charge in [-0.2, -0.15) is 0 Å². The molecule has 1 saturated heterocycles. The van der Waals surface area contributed by atoms with Gasteiger partial charge in [0.1, 0.15) is 5.75 Å². The van der Waals surface area contributed by atoms with Crippen LogP contribution in [0.1, 0.15) is 30.0 Å². The van der Waals surface area contributed by atoms with Crippen molar-refractivity contribution in [2.24, 2.45) is 0 Å². The van der Waals surface area contributed by atoms with Gasteiger partial charge in [0.15, 0.2) is 6.23 Å². The first kappa shape index (κ1) is 14.5. The lowest BCUT2D eigenvalue weighted by Gasteiger charge is -2.40. The van der Waals surface area contributed by atoms with E-state index in [9.17, 15) is 0 Å². The Morgan fingerprint density at radius 2 is 1.79 bits per heavy atom. The van der Waals surface area contributed by atoms with Crippen LogP contribution in [0.25, 0.3) is 10.8 Å². The maximum Gasteiger partial charge on any atom is 0.153 e. The number of hydrogen-bond acceptors (Lipinski definition) is 2. The van der Waals surface area contributed by atoms with Gasteiger partial charge in [-0.25, -0.2) is 0 Å². The number of benzene rings is 3. The highest BCUT2D eigenvalue weighted by Gasteiger charge is 2.40. The molecular weight excluding hydrogens is 362 g/mol. The van der Waals surface area contributed by atoms with Gasteiger partial charge in [-0.1, -0.05) is 64.5 Å². The zero-order valence-corrected chi connectivity index (χ0v) is 14.9. The summed E-state index contributed by atoms with van der Waals surface area (Å²) >= 11 is 3.78. The van der Waals surface area contributed by atoms with Crippen molar-refractivity contribution in [3.8, 4) is 5.75 Å². The first-order chi connectivity index (χ1) is 11.8. The quantitative estimate of drug-likeness (QED) is 0.552. The van der Waals surface area contributed by atoms with Gasteiger partial charge in [0, 0.05) is 16.6 Å². The van der Waals surface area contributed by atoms with Gasteiger partial charge < -0.3 is 4.74 Å². The molecule has 3 heteroatoms. The van der Waals surface area contributed by atoms with Crippen LogP contribution in [-0.2, 0) is 0 Å². The summed E-state index contributed by atoms with van der Waals surface area (Å²) in [6.45, 7) is 1.08. The second-order valence-corrected chi connectivity index (χ2v) is 7.43. The average Bonchev–Trinajstić information content (AvgIpc) is 3.08. The Morgan fingerprint density at radius 3 is 2.71 bits per heavy atom. The molecule has 2 aliphatic rings. The largest absolute Gasteiger partial charge is 0.475 e. The fourth-order valence-electron chi connectivity index (χ4n) is 4.18. The third-order valence-corrected chi connectivity index (χ3v) is 5.96. The summed E-state index contributed by atoms with van der Waals surface area (Å²) in [7, 11) is 0. The highest BCUT2D eigenvalue weighted by molar-refractivity contribution is 9.10. The third-order valence-electron chi connectivity index (χ3n) is 5.24. The second-order valence-electron chi connectivity index (χ2n) is 6.58. The van der Waals surface area contributed by atoms with Gasteiger partial charge in [-0.05, 0) is 41.3 Å². The third kappa shape index (κ3) is 2.11. The molecule has 2 atom stereocenters. The van der Waals surface area contributed by atoms with Crippen LogP contribution in [0.3, 0.4) is 0 Å². The van der Waals surface area contributed by atoms with Gasteiger partial charge in [-0.3, -0.25) is 4.90 Å². The minimum absolute atomic E-state index is 0.191. The Hall–Kier alpha value is -1.84. The topological polar surface area (TPSA) is 12.5 Å². The van der Waals surface area contributed by atoms with Crippen LogP contribution in [-0.4, -0.2) is 17.7 Å². The van der Waals surface area contributed by atoms with E-state index < -0.39 is 0 Å². The van der Waals surface area contributed by atoms with Crippen molar-refractivity contribution in [3.63, 3.8) is 0 Å². The van der Waals surface area contributed by atoms with E-state index in [0.717, 1.165) is 18.7 Å². The van der Waals surface area contributed by atoms with Gasteiger partial charge >= 0.3 is 0 Å². The Balaban J connectivity index is 1.81. The maximum absolute atomic E-state index is 6.37. The number of halogens is 1. The van der Waals surface area contributed by atoms with E-state index in [1.54, 1.807) is 0 Å². The summed E-state index contributed by atoms with van der Waals surface area (Å²) in [5.74, 6) is 1.04. The zero-order chi connectivity index (χ0) is 16.1. The van der Waals surface area contributed by atoms with Crippen molar-refractivity contribution in [1.29, 1.82) is 0 Å². The van der Waals surface area contributed by atoms with Crippen LogP contribution < -0.4 is 4.74 Å². The number of fused-ring (bicyclic) bond motifs is 4. The molecule has 0 spiro atoms. The summed E-state index contributed by atoms with van der Waals surface area (Å²) in [6, 6.07) is 21.8. The summed E-state index contributed by atoms with van der Waals surface area (Å²) in [6.07, 6.45) is 2.49. The van der Waals surface area contributed by atoms with Crippen LogP contribution in [0.15, 0.2) is 65.1 Å². The summed E-state index contributed by atoms with van der Waals surface area (Å²) in [5, 5.41) is 2.57. The minimum atomic E-state index is 0.191. The molecule has 0 radical (unpaired) electrons. The molecule has 0 N–H and O–H groups in total. The SMILES string of the molecule is Brc1ccccc1C1c2c(ccc3ccccc23)OC2CCCN21. The van der Waals surface area contributed by atoms with Crippen LogP contribution in [0.5, 0.6) is 5.75 Å². The molecule has 5 rings (SSSR count). The lowest BCUT2D eigenvalue weighted by Crippen LogP contribution is -2.41. The molecule has 24 heavy (non-hydrogen) atoms. The van der Waals surface area contributed by atoms with Gasteiger partial charge in [0.05, 0.1) is 6.04 Å². The normalized spacial score (nSPS) is 22.9. The predicted octanol–water partition coefficient (Wildman–Crippen LogP) is 5.51. The molecule has 0 amide bonds. The molecule has 0 saturated carbocycles. The summed E-state index contributed by atoms with van der Waals surface area (Å²) in [4.78, 5) is 2.52. The van der Waals surface area contributed by atoms with Gasteiger partial charge in [0.25, 0.3) is 0 Å². The second kappa shape index (κ2) is 5.61. The Bertz CT molecular complexity index is 923. The van der Waals surface area contributed by atoms with Crippen molar-refractivity contribution in [2.45, 2.75) is 25.1 Å². The molecule has 2 unspecified atom stereocenters. The lowest BCUT2D eigenvalue weighted by atomic mass is 9.90. The highest BCUT2D eigenvalue weighted by Crippen LogP contribution is 2.48. The predicted molar refractivity (Wildman–Crippen MR) is 100 cm³/mol. The standard InChI is InChI=1S/C21H18BrNO/c22-17-9-4-3-8-16(17)21-20-15-7-2-1-6-14(15)11-12-18(20)24-19-10-5-13-23(19)21/h1-4,6-9,11-12,19,21H,5,10,13H2. The average molecular weight is 380 g/mol. The van der Waals surface area contributed by atoms with E-state index in [4.69, 9.17) is 4.74 Å². The Kier molecular flexibility index (Phi) is 3.39. The molecule has 0 aliphatic carbocycles. The van der Waals surface area contributed by atoms with Gasteiger partial charge in [0.2, 0.25) is 0 Å².